The fraction of sp³-hybridized carbons (Fsp3) is 0.986. The molecule has 0 saturated carbocycles. The lowest BCUT2D eigenvalue weighted by Gasteiger charge is -2.26. The number of quaternary nitrogens is 1. The van der Waals surface area contributed by atoms with E-state index in [0.717, 1.165) is 38.5 Å². The van der Waals surface area contributed by atoms with Crippen LogP contribution in [0.2, 0.25) is 0 Å². The van der Waals surface area contributed by atoms with Crippen molar-refractivity contribution in [2.24, 2.45) is 0 Å². The monoisotopic (exact) mass is 1180 g/mol. The Kier molecular flexibility index (Phi) is 64.6. The van der Waals surface area contributed by atoms with Gasteiger partial charge in [0.25, 0.3) is 0 Å². The second kappa shape index (κ2) is 65.0. The Morgan fingerprint density at radius 2 is 0.585 bits per heavy atom. The van der Waals surface area contributed by atoms with Crippen LogP contribution in [0.25, 0.3) is 0 Å². The van der Waals surface area contributed by atoms with Crippen molar-refractivity contribution in [3.8, 4) is 0 Å². The van der Waals surface area contributed by atoms with Crippen molar-refractivity contribution in [3.63, 3.8) is 0 Å². The second-order valence-electron chi connectivity index (χ2n) is 27.4. The molecule has 0 aliphatic carbocycles. The molecule has 0 heterocycles. The highest BCUT2D eigenvalue weighted by Crippen LogP contribution is 2.43. The molecule has 0 aromatic heterocycles. The summed E-state index contributed by atoms with van der Waals surface area (Å²) in [6.07, 6.45) is 82.3. The Morgan fingerprint density at radius 1 is 0.366 bits per heavy atom. The summed E-state index contributed by atoms with van der Waals surface area (Å²) >= 11 is 0. The fourth-order valence-corrected chi connectivity index (χ4v) is 12.8. The summed E-state index contributed by atoms with van der Waals surface area (Å²) in [7, 11) is 1.64. The largest absolute Gasteiger partial charge is 0.472 e. The summed E-state index contributed by atoms with van der Waals surface area (Å²) in [5, 5.41) is 14.2. The molecule has 0 aromatic rings. The smallest absolute Gasteiger partial charge is 0.391 e. The van der Waals surface area contributed by atoms with E-state index in [-0.39, 0.29) is 19.1 Å². The predicted octanol–water partition coefficient (Wildman–Crippen LogP) is 23.9. The molecule has 82 heavy (non-hydrogen) atoms. The summed E-state index contributed by atoms with van der Waals surface area (Å²) in [5.74, 6) is -0.132. The number of unbranched alkanes of at least 4 members (excludes halogenated alkanes) is 58. The van der Waals surface area contributed by atoms with Gasteiger partial charge in [-0.15, -0.1) is 0 Å². The maximum absolute atomic E-state index is 13.1. The highest BCUT2D eigenvalue weighted by molar-refractivity contribution is 7.47. The minimum absolute atomic E-state index is 0.0796. The van der Waals surface area contributed by atoms with Gasteiger partial charge in [-0.1, -0.05) is 393 Å². The highest BCUT2D eigenvalue weighted by Gasteiger charge is 2.28. The van der Waals surface area contributed by atoms with E-state index in [9.17, 15) is 19.4 Å². The number of nitrogens with zero attached hydrogens (tertiary/aromatic N) is 1. The predicted molar refractivity (Wildman–Crippen MR) is 360 cm³/mol. The molecule has 0 aliphatic rings. The van der Waals surface area contributed by atoms with E-state index in [1.54, 1.807) is 0 Å². The molecule has 0 bridgehead atoms. The summed E-state index contributed by atoms with van der Waals surface area (Å²) in [6, 6.07) is -0.757. The van der Waals surface area contributed by atoms with E-state index < -0.39 is 20.0 Å². The number of hydrogen-bond acceptors (Lipinski definition) is 5. The van der Waals surface area contributed by atoms with Gasteiger partial charge in [-0.3, -0.25) is 13.8 Å². The molecule has 0 radical (unpaired) electrons. The first-order valence-corrected chi connectivity index (χ1v) is 38.9. The standard InChI is InChI=1S/C73H149N2O6P/c1-6-8-10-12-14-16-18-20-22-24-26-28-30-32-34-36-37-39-40-42-44-46-48-50-52-54-56-58-60-62-64-66-72(76)71(70-81-82(78,79)80-69-68-75(3,4)5)74-73(77)67-65-63-61-59-57-55-53-51-49-47-45-43-41-38-35-33-31-29-27-25-23-21-19-17-15-13-11-9-7-2/h71-72,76H,6-70H2,1-5H3,(H-,74,77,78,79)/p+1. The van der Waals surface area contributed by atoms with E-state index in [0.29, 0.717) is 23.9 Å². The Bertz CT molecular complexity index is 1300. The minimum Gasteiger partial charge on any atom is -0.391 e. The fourth-order valence-electron chi connectivity index (χ4n) is 12.1. The molecule has 0 aliphatic heterocycles. The highest BCUT2D eigenvalue weighted by atomic mass is 31.2. The second-order valence-corrected chi connectivity index (χ2v) is 28.9. The number of phosphoric ester groups is 1. The van der Waals surface area contributed by atoms with Gasteiger partial charge in [0.05, 0.1) is 39.9 Å². The van der Waals surface area contributed by atoms with Crippen LogP contribution in [0.1, 0.15) is 412 Å². The van der Waals surface area contributed by atoms with E-state index in [4.69, 9.17) is 9.05 Å². The SMILES string of the molecule is CCCCCCCCCCCCCCCCCCCCCCCCCCCCCCCCCC(O)C(COP(=O)(O)OCC[N+](C)(C)C)NC(=O)CCCCCCCCCCCCCCCCCCCCCCCCCCCCCCC. The van der Waals surface area contributed by atoms with Gasteiger partial charge in [0.15, 0.2) is 0 Å². The summed E-state index contributed by atoms with van der Waals surface area (Å²) in [6.45, 7) is 4.97. The van der Waals surface area contributed by atoms with E-state index in [1.165, 1.54) is 347 Å². The number of hydrogen-bond donors (Lipinski definition) is 3. The van der Waals surface area contributed by atoms with Crippen LogP contribution in [0.3, 0.4) is 0 Å². The van der Waals surface area contributed by atoms with Crippen molar-refractivity contribution in [1.82, 2.24) is 5.32 Å². The van der Waals surface area contributed by atoms with Crippen LogP contribution < -0.4 is 5.32 Å². The van der Waals surface area contributed by atoms with Crippen LogP contribution >= 0.6 is 7.82 Å². The van der Waals surface area contributed by atoms with Gasteiger partial charge in [0.1, 0.15) is 13.2 Å². The van der Waals surface area contributed by atoms with Crippen molar-refractivity contribution in [3.05, 3.63) is 0 Å². The molecule has 0 saturated heterocycles. The molecule has 8 nitrogen and oxygen atoms in total. The third kappa shape index (κ3) is 67.0. The number of aliphatic hydroxyl groups excluding tert-OH is 1. The molecule has 3 atom stereocenters. The van der Waals surface area contributed by atoms with Gasteiger partial charge in [-0.05, 0) is 12.8 Å². The third-order valence-electron chi connectivity index (χ3n) is 17.9. The Hall–Kier alpha value is -0.500. The van der Waals surface area contributed by atoms with Crippen molar-refractivity contribution >= 4 is 13.7 Å². The number of rotatable bonds is 71. The normalized spacial score (nSPS) is 13.5. The molecule has 0 aromatic carbocycles. The summed E-state index contributed by atoms with van der Waals surface area (Å²) < 4.78 is 23.9. The maximum atomic E-state index is 13.1. The number of amides is 1. The van der Waals surface area contributed by atoms with Crippen molar-refractivity contribution in [2.45, 2.75) is 424 Å². The molecule has 3 N–H and O–H groups in total. The van der Waals surface area contributed by atoms with Gasteiger partial charge in [-0.2, -0.15) is 0 Å². The van der Waals surface area contributed by atoms with Gasteiger partial charge >= 0.3 is 7.82 Å². The summed E-state index contributed by atoms with van der Waals surface area (Å²) in [4.78, 5) is 23.5. The Balaban J connectivity index is 3.94. The molecule has 0 rings (SSSR count). The lowest BCUT2D eigenvalue weighted by atomic mass is 10.0. The molecule has 3 unspecified atom stereocenters. The van der Waals surface area contributed by atoms with E-state index in [2.05, 4.69) is 19.2 Å². The first-order chi connectivity index (χ1) is 40.0. The first-order valence-electron chi connectivity index (χ1n) is 37.4. The number of phosphoric acid groups is 1. The number of carbonyl (C=O) groups is 1. The quantitative estimate of drug-likeness (QED) is 0.0318. The average Bonchev–Trinajstić information content (AvgIpc) is 3.47. The van der Waals surface area contributed by atoms with Gasteiger partial charge in [-0.25, -0.2) is 4.57 Å². The van der Waals surface area contributed by atoms with Crippen molar-refractivity contribution < 1.29 is 32.9 Å². The lowest BCUT2D eigenvalue weighted by Crippen LogP contribution is -2.46. The number of carbonyl (C=O) groups excluding carboxylic acids is 1. The topological polar surface area (TPSA) is 105 Å². The molecule has 0 spiro atoms. The minimum atomic E-state index is -4.33. The van der Waals surface area contributed by atoms with Crippen LogP contribution in [0, 0.1) is 0 Å². The van der Waals surface area contributed by atoms with Crippen LogP contribution in [0.4, 0.5) is 0 Å². The molecule has 9 heteroatoms. The molecular weight excluding hydrogens is 1030 g/mol. The van der Waals surface area contributed by atoms with Crippen molar-refractivity contribution in [2.75, 3.05) is 40.9 Å². The summed E-state index contributed by atoms with van der Waals surface area (Å²) in [5.41, 5.74) is 0. The zero-order chi connectivity index (χ0) is 59.8. The molecule has 492 valence electrons. The molecular formula is C73H150N2O6P+. The van der Waals surface area contributed by atoms with E-state index >= 15 is 0 Å². The first kappa shape index (κ1) is 81.5. The van der Waals surface area contributed by atoms with E-state index in [1.807, 2.05) is 21.1 Å². The average molecular weight is 1180 g/mol. The van der Waals surface area contributed by atoms with Gasteiger partial charge < -0.3 is 19.8 Å². The van der Waals surface area contributed by atoms with Gasteiger partial charge in [0.2, 0.25) is 5.91 Å². The molecule has 1 amide bonds. The lowest BCUT2D eigenvalue weighted by molar-refractivity contribution is -0.870. The Labute approximate surface area is 514 Å². The zero-order valence-electron chi connectivity index (χ0n) is 56.5. The zero-order valence-corrected chi connectivity index (χ0v) is 57.4. The maximum Gasteiger partial charge on any atom is 0.472 e. The number of nitrogens with one attached hydrogen (secondary N) is 1. The van der Waals surface area contributed by atoms with Crippen LogP contribution in [-0.2, 0) is 18.4 Å². The van der Waals surface area contributed by atoms with Crippen LogP contribution in [0.5, 0.6) is 0 Å². The van der Waals surface area contributed by atoms with Crippen molar-refractivity contribution in [1.29, 1.82) is 0 Å². The third-order valence-corrected chi connectivity index (χ3v) is 18.8. The van der Waals surface area contributed by atoms with Gasteiger partial charge in [0, 0.05) is 6.42 Å². The van der Waals surface area contributed by atoms with Crippen LogP contribution in [-0.4, -0.2) is 73.4 Å². The molecule has 0 fully saturated rings. The number of aliphatic hydroxyl groups is 1. The van der Waals surface area contributed by atoms with Crippen LogP contribution in [0.15, 0.2) is 0 Å². The number of likely N-dealkylation sites (N-methyl/N-ethyl adjacent to an activating group) is 1. The Morgan fingerprint density at radius 3 is 0.817 bits per heavy atom.